The molecule has 3 rings (SSSR count). The van der Waals surface area contributed by atoms with Crippen LogP contribution >= 0.6 is 0 Å². The van der Waals surface area contributed by atoms with Gasteiger partial charge in [-0.25, -0.2) is 0 Å². The zero-order chi connectivity index (χ0) is 14.3. The minimum Gasteiger partial charge on any atom is -0.481 e. The molecule has 1 aromatic heterocycles. The quantitative estimate of drug-likeness (QED) is 0.879. The third kappa shape index (κ3) is 1.86. The summed E-state index contributed by atoms with van der Waals surface area (Å²) in [7, 11) is 0. The number of aromatic nitrogens is 1. The van der Waals surface area contributed by atoms with Gasteiger partial charge in [-0.1, -0.05) is 18.2 Å². The van der Waals surface area contributed by atoms with Crippen LogP contribution in [0.5, 0.6) is 0 Å². The molecule has 1 unspecified atom stereocenters. The Morgan fingerprint density at radius 3 is 2.80 bits per heavy atom. The normalized spacial score (nSPS) is 22.4. The number of amides is 1. The number of hydrogen-bond donors (Lipinski definition) is 2. The summed E-state index contributed by atoms with van der Waals surface area (Å²) in [6.07, 6.45) is 2.19. The summed E-state index contributed by atoms with van der Waals surface area (Å²) in [6.45, 7) is 2.44. The van der Waals surface area contributed by atoms with Gasteiger partial charge in [-0.05, 0) is 19.4 Å². The van der Waals surface area contributed by atoms with E-state index in [-0.39, 0.29) is 12.5 Å². The van der Waals surface area contributed by atoms with Crippen LogP contribution in [0.15, 0.2) is 30.5 Å². The molecule has 5 heteroatoms. The lowest BCUT2D eigenvalue weighted by molar-refractivity contribution is -0.147. The van der Waals surface area contributed by atoms with Crippen molar-refractivity contribution >= 4 is 22.8 Å². The standard InChI is InChI=1S/C15H16N2O3/c1-15(14(19)20)6-7-17(9-15)13(18)11-8-16-12-5-3-2-4-10(11)12/h2-5,8,16H,6-7,9H2,1H3,(H,19,20). The summed E-state index contributed by atoms with van der Waals surface area (Å²) in [5.41, 5.74) is 0.688. The van der Waals surface area contributed by atoms with Crippen LogP contribution in [0.2, 0.25) is 0 Å². The number of carboxylic acids is 1. The van der Waals surface area contributed by atoms with Crippen LogP contribution in [0, 0.1) is 5.41 Å². The van der Waals surface area contributed by atoms with E-state index in [9.17, 15) is 14.7 Å². The molecule has 1 aliphatic rings. The number of hydrogen-bond acceptors (Lipinski definition) is 2. The number of aromatic amines is 1. The number of carbonyl (C=O) groups excluding carboxylic acids is 1. The highest BCUT2D eigenvalue weighted by atomic mass is 16.4. The van der Waals surface area contributed by atoms with Crippen LogP contribution < -0.4 is 0 Å². The van der Waals surface area contributed by atoms with Gasteiger partial charge < -0.3 is 15.0 Å². The van der Waals surface area contributed by atoms with E-state index in [2.05, 4.69) is 4.98 Å². The molecule has 0 bridgehead atoms. The molecule has 0 radical (unpaired) electrons. The van der Waals surface area contributed by atoms with Crippen LogP contribution in [0.3, 0.4) is 0 Å². The maximum atomic E-state index is 12.5. The first kappa shape index (κ1) is 12.7. The predicted molar refractivity (Wildman–Crippen MR) is 74.6 cm³/mol. The number of aliphatic carboxylic acids is 1. The molecular weight excluding hydrogens is 256 g/mol. The van der Waals surface area contributed by atoms with E-state index in [1.165, 1.54) is 0 Å². The average Bonchev–Trinajstić information content (AvgIpc) is 3.03. The van der Waals surface area contributed by atoms with Gasteiger partial charge in [-0.15, -0.1) is 0 Å². The Bertz CT molecular complexity index is 691. The second-order valence-electron chi connectivity index (χ2n) is 5.59. The summed E-state index contributed by atoms with van der Waals surface area (Å²) in [6, 6.07) is 7.60. The van der Waals surface area contributed by atoms with E-state index in [4.69, 9.17) is 0 Å². The third-order valence-electron chi connectivity index (χ3n) is 4.10. The van der Waals surface area contributed by atoms with E-state index >= 15 is 0 Å². The fourth-order valence-corrected chi connectivity index (χ4v) is 2.73. The second-order valence-corrected chi connectivity index (χ2v) is 5.59. The molecular formula is C15H16N2O3. The smallest absolute Gasteiger partial charge is 0.311 e. The van der Waals surface area contributed by atoms with Gasteiger partial charge in [0.15, 0.2) is 0 Å². The summed E-state index contributed by atoms with van der Waals surface area (Å²) < 4.78 is 0. The molecule has 104 valence electrons. The van der Waals surface area contributed by atoms with Crippen LogP contribution in [-0.2, 0) is 4.79 Å². The Morgan fingerprint density at radius 1 is 1.35 bits per heavy atom. The monoisotopic (exact) mass is 272 g/mol. The Morgan fingerprint density at radius 2 is 2.10 bits per heavy atom. The van der Waals surface area contributed by atoms with E-state index in [0.717, 1.165) is 10.9 Å². The van der Waals surface area contributed by atoms with E-state index < -0.39 is 11.4 Å². The van der Waals surface area contributed by atoms with Crippen molar-refractivity contribution in [1.29, 1.82) is 0 Å². The molecule has 2 heterocycles. The topological polar surface area (TPSA) is 73.4 Å². The minimum absolute atomic E-state index is 0.104. The zero-order valence-corrected chi connectivity index (χ0v) is 11.2. The van der Waals surface area contributed by atoms with Gasteiger partial charge in [0.05, 0.1) is 11.0 Å². The first-order valence-electron chi connectivity index (χ1n) is 6.60. The largest absolute Gasteiger partial charge is 0.481 e. The Hall–Kier alpha value is -2.30. The van der Waals surface area contributed by atoms with Crippen molar-refractivity contribution in [3.05, 3.63) is 36.0 Å². The number of fused-ring (bicyclic) bond motifs is 1. The average molecular weight is 272 g/mol. The number of para-hydroxylation sites is 1. The summed E-state index contributed by atoms with van der Waals surface area (Å²) in [5.74, 6) is -0.945. The first-order chi connectivity index (χ1) is 9.51. The molecule has 2 N–H and O–H groups in total. The molecule has 0 aliphatic carbocycles. The van der Waals surface area contributed by atoms with Crippen LogP contribution in [0.4, 0.5) is 0 Å². The lowest BCUT2D eigenvalue weighted by Gasteiger charge is -2.19. The SMILES string of the molecule is CC1(C(=O)O)CCN(C(=O)c2c[nH]c3ccccc23)C1. The number of nitrogens with one attached hydrogen (secondary N) is 1. The molecule has 1 aliphatic heterocycles. The molecule has 1 atom stereocenters. The van der Waals surface area contributed by atoms with E-state index in [1.54, 1.807) is 18.0 Å². The van der Waals surface area contributed by atoms with Crippen molar-refractivity contribution in [1.82, 2.24) is 9.88 Å². The minimum atomic E-state index is -0.841. The maximum absolute atomic E-state index is 12.5. The van der Waals surface area contributed by atoms with Gasteiger partial charge in [0.1, 0.15) is 0 Å². The maximum Gasteiger partial charge on any atom is 0.311 e. The van der Waals surface area contributed by atoms with Crippen LogP contribution in [-0.4, -0.2) is 40.0 Å². The number of likely N-dealkylation sites (tertiary alicyclic amines) is 1. The van der Waals surface area contributed by atoms with Crippen molar-refractivity contribution in [3.8, 4) is 0 Å². The highest BCUT2D eigenvalue weighted by Gasteiger charge is 2.42. The molecule has 1 amide bonds. The number of carboxylic acid groups (broad SMARTS) is 1. The van der Waals surface area contributed by atoms with Crippen LogP contribution in [0.25, 0.3) is 10.9 Å². The molecule has 5 nitrogen and oxygen atoms in total. The highest BCUT2D eigenvalue weighted by Crippen LogP contribution is 2.32. The fourth-order valence-electron chi connectivity index (χ4n) is 2.73. The van der Waals surface area contributed by atoms with Crippen molar-refractivity contribution in [3.63, 3.8) is 0 Å². The molecule has 0 spiro atoms. The molecule has 20 heavy (non-hydrogen) atoms. The van der Waals surface area contributed by atoms with Crippen molar-refractivity contribution in [2.75, 3.05) is 13.1 Å². The molecule has 2 aromatic rings. The summed E-state index contributed by atoms with van der Waals surface area (Å²) in [4.78, 5) is 28.5. The predicted octanol–water partition coefficient (Wildman–Crippen LogP) is 2.10. The van der Waals surface area contributed by atoms with Gasteiger partial charge in [0.25, 0.3) is 5.91 Å². The number of benzene rings is 1. The lowest BCUT2D eigenvalue weighted by atomic mass is 9.90. The van der Waals surface area contributed by atoms with Gasteiger partial charge in [0, 0.05) is 30.2 Å². The van der Waals surface area contributed by atoms with E-state index in [1.807, 2.05) is 24.3 Å². The Balaban J connectivity index is 1.89. The van der Waals surface area contributed by atoms with Gasteiger partial charge in [-0.2, -0.15) is 0 Å². The van der Waals surface area contributed by atoms with Crippen molar-refractivity contribution in [2.45, 2.75) is 13.3 Å². The van der Waals surface area contributed by atoms with Crippen LogP contribution in [0.1, 0.15) is 23.7 Å². The second kappa shape index (κ2) is 4.37. The zero-order valence-electron chi connectivity index (χ0n) is 11.2. The first-order valence-corrected chi connectivity index (χ1v) is 6.60. The Kier molecular flexibility index (Phi) is 2.78. The molecule has 1 aromatic carbocycles. The number of H-pyrrole nitrogens is 1. The number of carbonyl (C=O) groups is 2. The summed E-state index contributed by atoms with van der Waals surface area (Å²) in [5, 5.41) is 10.1. The third-order valence-corrected chi connectivity index (χ3v) is 4.10. The van der Waals surface area contributed by atoms with Crippen molar-refractivity contribution < 1.29 is 14.7 Å². The van der Waals surface area contributed by atoms with Gasteiger partial charge in [0.2, 0.25) is 0 Å². The molecule has 1 fully saturated rings. The van der Waals surface area contributed by atoms with E-state index in [0.29, 0.717) is 18.5 Å². The van der Waals surface area contributed by atoms with Gasteiger partial charge in [-0.3, -0.25) is 9.59 Å². The Labute approximate surface area is 116 Å². The molecule has 0 saturated carbocycles. The molecule has 1 saturated heterocycles. The lowest BCUT2D eigenvalue weighted by Crippen LogP contribution is -2.34. The van der Waals surface area contributed by atoms with Gasteiger partial charge >= 0.3 is 5.97 Å². The van der Waals surface area contributed by atoms with Crippen molar-refractivity contribution in [2.24, 2.45) is 5.41 Å². The number of rotatable bonds is 2. The highest BCUT2D eigenvalue weighted by molar-refractivity contribution is 6.07. The summed E-state index contributed by atoms with van der Waals surface area (Å²) >= 11 is 0. The number of nitrogens with zero attached hydrogens (tertiary/aromatic N) is 1. The fraction of sp³-hybridized carbons (Fsp3) is 0.333.